The molecule has 0 saturated carbocycles. The predicted octanol–water partition coefficient (Wildman–Crippen LogP) is 4.83. The Bertz CT molecular complexity index is 1030. The summed E-state index contributed by atoms with van der Waals surface area (Å²) in [7, 11) is 0. The maximum atomic E-state index is 13.3. The quantitative estimate of drug-likeness (QED) is 0.632. The van der Waals surface area contributed by atoms with Gasteiger partial charge in [-0.3, -0.25) is 9.59 Å². The average molecular weight is 471 g/mol. The second-order valence-corrected chi connectivity index (χ2v) is 10.0. The molecule has 2 amide bonds. The van der Waals surface area contributed by atoms with E-state index in [1.54, 1.807) is 13.0 Å². The van der Waals surface area contributed by atoms with E-state index in [2.05, 4.69) is 31.3 Å². The Balaban J connectivity index is 1.63. The van der Waals surface area contributed by atoms with Crippen LogP contribution in [-0.4, -0.2) is 46.9 Å². The summed E-state index contributed by atoms with van der Waals surface area (Å²) >= 11 is 6.04. The van der Waals surface area contributed by atoms with E-state index in [-0.39, 0.29) is 22.4 Å². The highest BCUT2D eigenvalue weighted by Crippen LogP contribution is 2.42. The maximum Gasteiger partial charge on any atom is 0.335 e. The Morgan fingerprint density at radius 1 is 1.09 bits per heavy atom. The van der Waals surface area contributed by atoms with E-state index in [9.17, 15) is 14.4 Å². The van der Waals surface area contributed by atoms with Crippen molar-refractivity contribution in [1.29, 1.82) is 0 Å². The topological polar surface area (TPSA) is 86.7 Å². The number of carboxylic acid groups (broad SMARTS) is 1. The monoisotopic (exact) mass is 470 g/mol. The molecule has 1 aliphatic rings. The van der Waals surface area contributed by atoms with Crippen LogP contribution in [0.4, 0.5) is 0 Å². The molecule has 176 valence electrons. The van der Waals surface area contributed by atoms with Gasteiger partial charge >= 0.3 is 5.97 Å². The molecule has 1 fully saturated rings. The maximum absolute atomic E-state index is 13.3. The SMILES string of the molecule is CC(C(=O)N1CCC(c2ccc(Cl)cc2)C(C)(C)C1)[C@@H](C)NC(=O)c1cccc(C(=O)O)c1. The van der Waals surface area contributed by atoms with Crippen LogP contribution in [0.1, 0.15) is 66.3 Å². The predicted molar refractivity (Wildman–Crippen MR) is 129 cm³/mol. The zero-order valence-corrected chi connectivity index (χ0v) is 20.2. The number of amides is 2. The summed E-state index contributed by atoms with van der Waals surface area (Å²) in [6.07, 6.45) is 0.857. The third-order valence-corrected chi connectivity index (χ3v) is 6.94. The number of rotatable bonds is 6. The Labute approximate surface area is 199 Å². The van der Waals surface area contributed by atoms with Gasteiger partial charge in [-0.2, -0.15) is 0 Å². The summed E-state index contributed by atoms with van der Waals surface area (Å²) in [6, 6.07) is 13.4. The van der Waals surface area contributed by atoms with E-state index in [1.165, 1.54) is 23.8 Å². The summed E-state index contributed by atoms with van der Waals surface area (Å²) < 4.78 is 0. The normalized spacial score (nSPS) is 19.4. The van der Waals surface area contributed by atoms with Crippen LogP contribution in [0.15, 0.2) is 48.5 Å². The summed E-state index contributed by atoms with van der Waals surface area (Å²) in [5.74, 6) is -1.57. The fraction of sp³-hybridized carbons (Fsp3) is 0.423. The number of carbonyl (C=O) groups is 3. The number of carbonyl (C=O) groups excluding carboxylic acids is 2. The highest BCUT2D eigenvalue weighted by atomic mass is 35.5. The fourth-order valence-electron chi connectivity index (χ4n) is 4.57. The van der Waals surface area contributed by atoms with Crippen molar-refractivity contribution >= 4 is 29.4 Å². The minimum atomic E-state index is -1.09. The molecule has 3 atom stereocenters. The first-order valence-electron chi connectivity index (χ1n) is 11.2. The van der Waals surface area contributed by atoms with Crippen molar-refractivity contribution in [2.45, 2.75) is 46.1 Å². The Hall–Kier alpha value is -2.86. The van der Waals surface area contributed by atoms with E-state index in [4.69, 9.17) is 16.7 Å². The van der Waals surface area contributed by atoms with Gasteiger partial charge in [0.1, 0.15) is 0 Å². The molecule has 1 heterocycles. The lowest BCUT2D eigenvalue weighted by atomic mass is 9.70. The number of nitrogens with zero attached hydrogens (tertiary/aromatic N) is 1. The molecule has 3 rings (SSSR count). The van der Waals surface area contributed by atoms with Crippen LogP contribution in [0.5, 0.6) is 0 Å². The summed E-state index contributed by atoms with van der Waals surface area (Å²) in [5.41, 5.74) is 1.43. The molecule has 2 aromatic rings. The Morgan fingerprint density at radius 3 is 2.33 bits per heavy atom. The van der Waals surface area contributed by atoms with Gasteiger partial charge in [-0.25, -0.2) is 4.79 Å². The number of piperidine rings is 1. The van der Waals surface area contributed by atoms with Gasteiger partial charge < -0.3 is 15.3 Å². The molecule has 0 radical (unpaired) electrons. The smallest absolute Gasteiger partial charge is 0.335 e. The number of halogens is 1. The summed E-state index contributed by atoms with van der Waals surface area (Å²) in [6.45, 7) is 9.26. The minimum Gasteiger partial charge on any atom is -0.478 e. The summed E-state index contributed by atoms with van der Waals surface area (Å²) in [5, 5.41) is 12.7. The summed E-state index contributed by atoms with van der Waals surface area (Å²) in [4.78, 5) is 38.9. The van der Waals surface area contributed by atoms with E-state index in [1.807, 2.05) is 24.0 Å². The van der Waals surface area contributed by atoms with Gasteiger partial charge in [-0.15, -0.1) is 0 Å². The van der Waals surface area contributed by atoms with E-state index in [0.717, 1.165) is 6.42 Å². The zero-order valence-electron chi connectivity index (χ0n) is 19.5. The minimum absolute atomic E-state index is 0.00437. The van der Waals surface area contributed by atoms with Gasteiger partial charge in [0.2, 0.25) is 5.91 Å². The van der Waals surface area contributed by atoms with Crippen molar-refractivity contribution < 1.29 is 19.5 Å². The molecule has 0 spiro atoms. The van der Waals surface area contributed by atoms with Crippen molar-refractivity contribution in [2.24, 2.45) is 11.3 Å². The van der Waals surface area contributed by atoms with Crippen molar-refractivity contribution in [1.82, 2.24) is 10.2 Å². The van der Waals surface area contributed by atoms with Crippen molar-refractivity contribution in [3.63, 3.8) is 0 Å². The molecule has 0 bridgehead atoms. The van der Waals surface area contributed by atoms with Crippen LogP contribution >= 0.6 is 11.6 Å². The molecule has 6 nitrogen and oxygen atoms in total. The average Bonchev–Trinajstić information content (AvgIpc) is 2.78. The third-order valence-electron chi connectivity index (χ3n) is 6.68. The lowest BCUT2D eigenvalue weighted by Gasteiger charge is -2.45. The van der Waals surface area contributed by atoms with Gasteiger partial charge in [0.15, 0.2) is 0 Å². The molecule has 2 aromatic carbocycles. The number of nitrogens with one attached hydrogen (secondary N) is 1. The molecular formula is C26H31ClN2O4. The lowest BCUT2D eigenvalue weighted by molar-refractivity contribution is -0.139. The van der Waals surface area contributed by atoms with Crippen LogP contribution in [0.25, 0.3) is 0 Å². The van der Waals surface area contributed by atoms with Crippen LogP contribution < -0.4 is 5.32 Å². The first kappa shape index (κ1) is 24.8. The molecule has 0 aromatic heterocycles. The first-order valence-corrected chi connectivity index (χ1v) is 11.6. The van der Waals surface area contributed by atoms with Crippen LogP contribution in [0, 0.1) is 11.3 Å². The van der Waals surface area contributed by atoms with Gasteiger partial charge in [0, 0.05) is 29.7 Å². The lowest BCUT2D eigenvalue weighted by Crippen LogP contribution is -2.52. The van der Waals surface area contributed by atoms with Crippen LogP contribution in [0.3, 0.4) is 0 Å². The van der Waals surface area contributed by atoms with Crippen LogP contribution in [0.2, 0.25) is 5.02 Å². The number of hydrogen-bond donors (Lipinski definition) is 2. The molecule has 0 aliphatic carbocycles. The van der Waals surface area contributed by atoms with Crippen molar-refractivity contribution in [2.75, 3.05) is 13.1 Å². The van der Waals surface area contributed by atoms with Crippen LogP contribution in [-0.2, 0) is 4.79 Å². The first-order chi connectivity index (χ1) is 15.5. The van der Waals surface area contributed by atoms with Gasteiger partial charge in [0.25, 0.3) is 5.91 Å². The largest absolute Gasteiger partial charge is 0.478 e. The van der Waals surface area contributed by atoms with Gasteiger partial charge in [-0.1, -0.05) is 50.6 Å². The third kappa shape index (κ3) is 5.74. The molecule has 33 heavy (non-hydrogen) atoms. The number of hydrogen-bond acceptors (Lipinski definition) is 3. The highest BCUT2D eigenvalue weighted by Gasteiger charge is 2.39. The molecule has 2 unspecified atom stereocenters. The van der Waals surface area contributed by atoms with Gasteiger partial charge in [-0.05, 0) is 60.6 Å². The molecule has 1 saturated heterocycles. The number of likely N-dealkylation sites (tertiary alicyclic amines) is 1. The molecule has 7 heteroatoms. The Morgan fingerprint density at radius 2 is 1.73 bits per heavy atom. The van der Waals surface area contributed by atoms with E-state index >= 15 is 0 Å². The van der Waals surface area contributed by atoms with E-state index < -0.39 is 23.8 Å². The fourth-order valence-corrected chi connectivity index (χ4v) is 4.69. The number of benzene rings is 2. The van der Waals surface area contributed by atoms with Crippen molar-refractivity contribution in [3.8, 4) is 0 Å². The second kappa shape index (κ2) is 9.96. The zero-order chi connectivity index (χ0) is 24.3. The number of carboxylic acids is 1. The Kier molecular flexibility index (Phi) is 7.48. The highest BCUT2D eigenvalue weighted by molar-refractivity contribution is 6.30. The van der Waals surface area contributed by atoms with E-state index in [0.29, 0.717) is 24.0 Å². The van der Waals surface area contributed by atoms with Gasteiger partial charge in [0.05, 0.1) is 11.5 Å². The second-order valence-electron chi connectivity index (χ2n) is 9.58. The molecule has 1 aliphatic heterocycles. The van der Waals surface area contributed by atoms with Crippen molar-refractivity contribution in [3.05, 3.63) is 70.2 Å². The molecular weight excluding hydrogens is 440 g/mol. The standard InChI is InChI=1S/C26H31ClN2O4/c1-16(17(2)28-23(30)19-6-5-7-20(14-19)25(32)33)24(31)29-13-12-22(26(3,4)15-29)18-8-10-21(27)11-9-18/h5-11,14,16-17,22H,12-13,15H2,1-4H3,(H,28,30)(H,32,33)/t16?,17-,22?/m1/s1. The molecule has 2 N–H and O–H groups in total. The number of aromatic carboxylic acids is 1.